The van der Waals surface area contributed by atoms with Gasteiger partial charge in [0.15, 0.2) is 0 Å². The largest absolute Gasteiger partial charge is 0.396 e. The first-order chi connectivity index (χ1) is 8.79. The van der Waals surface area contributed by atoms with Crippen LogP contribution in [0.3, 0.4) is 0 Å². The predicted molar refractivity (Wildman–Crippen MR) is 81.2 cm³/mol. The van der Waals surface area contributed by atoms with Gasteiger partial charge < -0.3 is 10.4 Å². The highest BCUT2D eigenvalue weighted by molar-refractivity contribution is 7.99. The van der Waals surface area contributed by atoms with Gasteiger partial charge in [-0.1, -0.05) is 31.2 Å². The van der Waals surface area contributed by atoms with Crippen molar-refractivity contribution in [1.82, 2.24) is 5.32 Å². The van der Waals surface area contributed by atoms with Crippen molar-refractivity contribution in [2.24, 2.45) is 0 Å². The lowest BCUT2D eigenvalue weighted by Crippen LogP contribution is -2.25. The Labute approximate surface area is 115 Å². The monoisotopic (exact) mass is 267 g/mol. The number of aliphatic hydroxyl groups excluding tert-OH is 1. The fraction of sp³-hybridized carbons (Fsp3) is 0.600. The number of rotatable bonds is 9. The maximum atomic E-state index is 8.81. The Morgan fingerprint density at radius 2 is 2.11 bits per heavy atom. The van der Waals surface area contributed by atoms with Crippen LogP contribution in [0.2, 0.25) is 0 Å². The Balaban J connectivity index is 2.57. The van der Waals surface area contributed by atoms with E-state index >= 15 is 0 Å². The summed E-state index contributed by atoms with van der Waals surface area (Å²) in [5.74, 6) is 2.11. The number of aliphatic hydroxyl groups is 1. The van der Waals surface area contributed by atoms with Crippen LogP contribution in [-0.2, 0) is 0 Å². The van der Waals surface area contributed by atoms with E-state index in [0.717, 1.165) is 30.9 Å². The first-order valence-corrected chi connectivity index (χ1v) is 7.92. The lowest BCUT2D eigenvalue weighted by atomic mass is 10.0. The van der Waals surface area contributed by atoms with E-state index in [9.17, 15) is 0 Å². The minimum absolute atomic E-state index is 0.296. The van der Waals surface area contributed by atoms with Crippen molar-refractivity contribution in [2.75, 3.05) is 24.7 Å². The van der Waals surface area contributed by atoms with Crippen LogP contribution in [0.5, 0.6) is 0 Å². The van der Waals surface area contributed by atoms with E-state index < -0.39 is 0 Å². The van der Waals surface area contributed by atoms with Crippen molar-refractivity contribution in [3.63, 3.8) is 0 Å². The molecule has 0 saturated heterocycles. The lowest BCUT2D eigenvalue weighted by molar-refractivity contribution is 0.296. The molecule has 0 fully saturated rings. The van der Waals surface area contributed by atoms with Gasteiger partial charge in [-0.2, -0.15) is 11.8 Å². The number of hydrogen-bond donors (Lipinski definition) is 2. The smallest absolute Gasteiger partial charge is 0.0438 e. The van der Waals surface area contributed by atoms with Crippen LogP contribution in [0.15, 0.2) is 24.3 Å². The second kappa shape index (κ2) is 9.42. The minimum Gasteiger partial charge on any atom is -0.396 e. The van der Waals surface area contributed by atoms with Gasteiger partial charge in [-0.3, -0.25) is 0 Å². The molecule has 2 N–H and O–H groups in total. The van der Waals surface area contributed by atoms with Crippen molar-refractivity contribution in [3.8, 4) is 0 Å². The highest BCUT2D eigenvalue weighted by Crippen LogP contribution is 2.22. The van der Waals surface area contributed by atoms with E-state index in [1.807, 2.05) is 11.8 Å². The van der Waals surface area contributed by atoms with Gasteiger partial charge in [0.25, 0.3) is 0 Å². The average Bonchev–Trinajstić information content (AvgIpc) is 2.39. The summed E-state index contributed by atoms with van der Waals surface area (Å²) in [7, 11) is 0. The van der Waals surface area contributed by atoms with E-state index in [1.54, 1.807) is 0 Å². The molecular weight excluding hydrogens is 242 g/mol. The highest BCUT2D eigenvalue weighted by Gasteiger charge is 2.12. The van der Waals surface area contributed by atoms with E-state index in [0.29, 0.717) is 12.6 Å². The molecule has 0 heterocycles. The summed E-state index contributed by atoms with van der Waals surface area (Å²) in [6.45, 7) is 5.72. The van der Waals surface area contributed by atoms with Gasteiger partial charge in [0.1, 0.15) is 0 Å². The molecule has 0 aliphatic carbocycles. The zero-order valence-electron chi connectivity index (χ0n) is 11.5. The van der Waals surface area contributed by atoms with Crippen molar-refractivity contribution in [1.29, 1.82) is 0 Å². The SMILES string of the molecule is CCCNC(CSCCCO)c1ccccc1C. The molecule has 2 nitrogen and oxygen atoms in total. The Hall–Kier alpha value is -0.510. The molecule has 0 bridgehead atoms. The number of benzene rings is 1. The summed E-state index contributed by atoms with van der Waals surface area (Å²) in [6, 6.07) is 9.02. The average molecular weight is 267 g/mol. The van der Waals surface area contributed by atoms with Gasteiger partial charge in [0.2, 0.25) is 0 Å². The molecule has 3 heteroatoms. The van der Waals surface area contributed by atoms with Crippen LogP contribution in [0, 0.1) is 6.92 Å². The molecule has 18 heavy (non-hydrogen) atoms. The third-order valence-corrected chi connectivity index (χ3v) is 4.08. The highest BCUT2D eigenvalue weighted by atomic mass is 32.2. The molecular formula is C15H25NOS. The molecule has 0 aromatic heterocycles. The van der Waals surface area contributed by atoms with Crippen molar-refractivity contribution < 1.29 is 5.11 Å². The van der Waals surface area contributed by atoms with E-state index in [2.05, 4.69) is 43.4 Å². The van der Waals surface area contributed by atoms with Gasteiger partial charge in [0.05, 0.1) is 0 Å². The van der Waals surface area contributed by atoms with Gasteiger partial charge in [-0.15, -0.1) is 0 Å². The summed E-state index contributed by atoms with van der Waals surface area (Å²) < 4.78 is 0. The normalized spacial score (nSPS) is 12.6. The van der Waals surface area contributed by atoms with Gasteiger partial charge in [-0.05, 0) is 43.2 Å². The minimum atomic E-state index is 0.296. The predicted octanol–water partition coefficient (Wildman–Crippen LogP) is 3.15. The van der Waals surface area contributed by atoms with Crippen LogP contribution in [-0.4, -0.2) is 29.8 Å². The first kappa shape index (κ1) is 15.5. The van der Waals surface area contributed by atoms with Crippen molar-refractivity contribution in [3.05, 3.63) is 35.4 Å². The fourth-order valence-corrected chi connectivity index (χ4v) is 2.96. The van der Waals surface area contributed by atoms with Crippen LogP contribution in [0.4, 0.5) is 0 Å². The van der Waals surface area contributed by atoms with E-state index in [1.165, 1.54) is 11.1 Å². The topological polar surface area (TPSA) is 32.3 Å². The maximum absolute atomic E-state index is 8.81. The van der Waals surface area contributed by atoms with E-state index in [-0.39, 0.29) is 0 Å². The second-order valence-corrected chi connectivity index (χ2v) is 5.67. The van der Waals surface area contributed by atoms with Crippen molar-refractivity contribution in [2.45, 2.75) is 32.7 Å². The zero-order chi connectivity index (χ0) is 13.2. The second-order valence-electron chi connectivity index (χ2n) is 4.52. The molecule has 1 aromatic carbocycles. The first-order valence-electron chi connectivity index (χ1n) is 6.77. The third kappa shape index (κ3) is 5.42. The molecule has 102 valence electrons. The standard InChI is InChI=1S/C15H25NOS/c1-3-9-16-15(12-18-11-6-10-17)14-8-5-4-7-13(14)2/h4-5,7-8,15-17H,3,6,9-12H2,1-2H3. The quantitative estimate of drug-likeness (QED) is 0.674. The molecule has 0 spiro atoms. The van der Waals surface area contributed by atoms with E-state index in [4.69, 9.17) is 5.11 Å². The fourth-order valence-electron chi connectivity index (χ4n) is 1.92. The molecule has 0 radical (unpaired) electrons. The van der Waals surface area contributed by atoms with Crippen LogP contribution in [0.1, 0.15) is 36.9 Å². The molecule has 1 atom stereocenters. The maximum Gasteiger partial charge on any atom is 0.0438 e. The summed E-state index contributed by atoms with van der Waals surface area (Å²) in [6.07, 6.45) is 2.04. The Morgan fingerprint density at radius 3 is 2.78 bits per heavy atom. The Kier molecular flexibility index (Phi) is 8.14. The van der Waals surface area contributed by atoms with Crippen LogP contribution in [0.25, 0.3) is 0 Å². The molecule has 0 aliphatic rings. The number of thioether (sulfide) groups is 1. The molecule has 0 amide bonds. The molecule has 0 saturated carbocycles. The van der Waals surface area contributed by atoms with Crippen LogP contribution < -0.4 is 5.32 Å². The summed E-state index contributed by atoms with van der Waals surface area (Å²) >= 11 is 1.92. The molecule has 1 aromatic rings. The van der Waals surface area contributed by atoms with Crippen LogP contribution >= 0.6 is 11.8 Å². The van der Waals surface area contributed by atoms with Gasteiger partial charge >= 0.3 is 0 Å². The van der Waals surface area contributed by atoms with Gasteiger partial charge in [-0.25, -0.2) is 0 Å². The zero-order valence-corrected chi connectivity index (χ0v) is 12.3. The summed E-state index contributed by atoms with van der Waals surface area (Å²) in [5.41, 5.74) is 2.76. The Morgan fingerprint density at radius 1 is 1.33 bits per heavy atom. The molecule has 1 unspecified atom stereocenters. The molecule has 1 rings (SSSR count). The summed E-state index contributed by atoms with van der Waals surface area (Å²) in [4.78, 5) is 0. The number of hydrogen-bond acceptors (Lipinski definition) is 3. The summed E-state index contributed by atoms with van der Waals surface area (Å²) in [5, 5.41) is 12.4. The lowest BCUT2D eigenvalue weighted by Gasteiger charge is -2.20. The molecule has 0 aliphatic heterocycles. The third-order valence-electron chi connectivity index (χ3n) is 2.94. The number of aryl methyl sites for hydroxylation is 1. The number of nitrogens with one attached hydrogen (secondary N) is 1. The Bertz CT molecular complexity index is 330. The van der Waals surface area contributed by atoms with Crippen molar-refractivity contribution >= 4 is 11.8 Å². The van der Waals surface area contributed by atoms with Gasteiger partial charge in [0, 0.05) is 18.4 Å².